The number of carbonyl (C=O) groups is 2. The van der Waals surface area contributed by atoms with Crippen LogP contribution in [0.25, 0.3) is 0 Å². The molecule has 2 amide bonds. The summed E-state index contributed by atoms with van der Waals surface area (Å²) in [5.74, 6) is -1.81. The van der Waals surface area contributed by atoms with Gasteiger partial charge in [-0.3, -0.25) is 0 Å². The summed E-state index contributed by atoms with van der Waals surface area (Å²) in [6, 6.07) is 2.91. The Morgan fingerprint density at radius 2 is 1.94 bits per heavy atom. The zero-order chi connectivity index (χ0) is 13.1. The number of likely N-dealkylation sites (tertiary alicyclic amines) is 1. The van der Waals surface area contributed by atoms with E-state index >= 15 is 0 Å². The van der Waals surface area contributed by atoms with E-state index in [-0.39, 0.29) is 11.3 Å². The van der Waals surface area contributed by atoms with Crippen molar-refractivity contribution >= 4 is 17.7 Å². The molecule has 1 aliphatic rings. The van der Waals surface area contributed by atoms with Crippen LogP contribution in [-0.2, 0) is 0 Å². The number of anilines is 1. The number of hydrogen-bond acceptors (Lipinski definition) is 2. The van der Waals surface area contributed by atoms with Crippen molar-refractivity contribution < 1.29 is 19.1 Å². The van der Waals surface area contributed by atoms with Crippen molar-refractivity contribution in [3.8, 4) is 0 Å². The summed E-state index contributed by atoms with van der Waals surface area (Å²) in [6.07, 6.45) is 1.87. The van der Waals surface area contributed by atoms with E-state index in [2.05, 4.69) is 5.32 Å². The number of rotatable bonds is 2. The zero-order valence-electron chi connectivity index (χ0n) is 9.65. The van der Waals surface area contributed by atoms with Gasteiger partial charge in [0.1, 0.15) is 5.82 Å². The molecule has 6 heteroatoms. The second-order valence-corrected chi connectivity index (χ2v) is 4.12. The van der Waals surface area contributed by atoms with Gasteiger partial charge < -0.3 is 15.3 Å². The van der Waals surface area contributed by atoms with E-state index in [0.717, 1.165) is 31.0 Å². The van der Waals surface area contributed by atoms with Crippen LogP contribution >= 0.6 is 0 Å². The topological polar surface area (TPSA) is 69.6 Å². The predicted octanol–water partition coefficient (Wildman–Crippen LogP) is 2.15. The third-order valence-electron chi connectivity index (χ3n) is 2.85. The van der Waals surface area contributed by atoms with Crippen LogP contribution in [0.1, 0.15) is 23.2 Å². The fourth-order valence-corrected chi connectivity index (χ4v) is 1.87. The van der Waals surface area contributed by atoms with Crippen molar-refractivity contribution in [3.05, 3.63) is 29.6 Å². The van der Waals surface area contributed by atoms with Gasteiger partial charge in [0.15, 0.2) is 0 Å². The molecule has 0 atom stereocenters. The SMILES string of the molecule is O=C(O)c1ccc(F)c(NC(=O)N2CCCC2)c1. The molecule has 18 heavy (non-hydrogen) atoms. The third kappa shape index (κ3) is 2.58. The van der Waals surface area contributed by atoms with E-state index in [1.54, 1.807) is 4.90 Å². The molecular formula is C12H13FN2O3. The van der Waals surface area contributed by atoms with Crippen LogP contribution in [-0.4, -0.2) is 35.1 Å². The molecule has 0 aliphatic carbocycles. The molecule has 2 N–H and O–H groups in total. The van der Waals surface area contributed by atoms with Gasteiger partial charge in [0.25, 0.3) is 0 Å². The molecule has 1 aliphatic heterocycles. The predicted molar refractivity (Wildman–Crippen MR) is 63.2 cm³/mol. The third-order valence-corrected chi connectivity index (χ3v) is 2.85. The number of halogens is 1. The zero-order valence-corrected chi connectivity index (χ0v) is 9.65. The lowest BCUT2D eigenvalue weighted by molar-refractivity contribution is 0.0697. The van der Waals surface area contributed by atoms with Crippen molar-refractivity contribution in [3.63, 3.8) is 0 Å². The normalized spacial score (nSPS) is 14.6. The molecule has 1 fully saturated rings. The van der Waals surface area contributed by atoms with E-state index in [1.165, 1.54) is 0 Å². The van der Waals surface area contributed by atoms with Gasteiger partial charge in [-0.05, 0) is 31.0 Å². The molecule has 1 aromatic carbocycles. The van der Waals surface area contributed by atoms with E-state index < -0.39 is 17.8 Å². The highest BCUT2D eigenvalue weighted by molar-refractivity contribution is 5.93. The molecule has 1 heterocycles. The monoisotopic (exact) mass is 252 g/mol. The number of aromatic carboxylic acids is 1. The quantitative estimate of drug-likeness (QED) is 0.847. The summed E-state index contributed by atoms with van der Waals surface area (Å²) >= 11 is 0. The Hall–Kier alpha value is -2.11. The number of hydrogen-bond donors (Lipinski definition) is 2. The molecule has 0 aromatic heterocycles. The first-order chi connectivity index (χ1) is 8.58. The van der Waals surface area contributed by atoms with Crippen molar-refractivity contribution in [1.29, 1.82) is 0 Å². The highest BCUT2D eigenvalue weighted by atomic mass is 19.1. The summed E-state index contributed by atoms with van der Waals surface area (Å²) in [6.45, 7) is 1.29. The number of carbonyl (C=O) groups excluding carboxylic acids is 1. The van der Waals surface area contributed by atoms with Crippen LogP contribution in [0.2, 0.25) is 0 Å². The summed E-state index contributed by atoms with van der Waals surface area (Å²) in [5.41, 5.74) is -0.167. The molecule has 0 saturated carbocycles. The highest BCUT2D eigenvalue weighted by Gasteiger charge is 2.19. The first-order valence-corrected chi connectivity index (χ1v) is 5.66. The minimum absolute atomic E-state index is 0.0619. The average Bonchev–Trinajstić information content (AvgIpc) is 2.85. The maximum atomic E-state index is 13.5. The molecule has 0 unspecified atom stereocenters. The van der Waals surface area contributed by atoms with Gasteiger partial charge in [-0.15, -0.1) is 0 Å². The lowest BCUT2D eigenvalue weighted by Crippen LogP contribution is -2.32. The molecule has 0 bridgehead atoms. The van der Waals surface area contributed by atoms with Crippen molar-refractivity contribution in [2.24, 2.45) is 0 Å². The minimum atomic E-state index is -1.16. The van der Waals surface area contributed by atoms with E-state index in [4.69, 9.17) is 5.11 Å². The summed E-state index contributed by atoms with van der Waals surface area (Å²) in [5, 5.41) is 11.2. The van der Waals surface area contributed by atoms with Gasteiger partial charge in [-0.2, -0.15) is 0 Å². The Morgan fingerprint density at radius 1 is 1.28 bits per heavy atom. The molecular weight excluding hydrogens is 239 g/mol. The van der Waals surface area contributed by atoms with Crippen LogP contribution in [0.15, 0.2) is 18.2 Å². The van der Waals surface area contributed by atoms with Gasteiger partial charge >= 0.3 is 12.0 Å². The first kappa shape index (κ1) is 12.3. The maximum absolute atomic E-state index is 13.5. The molecule has 1 aromatic rings. The summed E-state index contributed by atoms with van der Waals surface area (Å²) < 4.78 is 13.5. The first-order valence-electron chi connectivity index (χ1n) is 5.66. The molecule has 96 valence electrons. The Labute approximate surface area is 103 Å². The molecule has 1 saturated heterocycles. The standard InChI is InChI=1S/C12H13FN2O3/c13-9-4-3-8(11(16)17)7-10(9)14-12(18)15-5-1-2-6-15/h3-4,7H,1-2,5-6H2,(H,14,18)(H,16,17). The van der Waals surface area contributed by atoms with Gasteiger partial charge in [-0.25, -0.2) is 14.0 Å². The Kier molecular flexibility index (Phi) is 3.45. The fraction of sp³-hybridized carbons (Fsp3) is 0.333. The van der Waals surface area contributed by atoms with Gasteiger partial charge in [0.2, 0.25) is 0 Å². The van der Waals surface area contributed by atoms with Crippen LogP contribution in [0.5, 0.6) is 0 Å². The van der Waals surface area contributed by atoms with Crippen LogP contribution in [0.4, 0.5) is 14.9 Å². The number of carboxylic acid groups (broad SMARTS) is 1. The Bertz CT molecular complexity index is 484. The second-order valence-electron chi connectivity index (χ2n) is 4.12. The van der Waals surface area contributed by atoms with E-state index in [9.17, 15) is 14.0 Å². The highest BCUT2D eigenvalue weighted by Crippen LogP contribution is 2.18. The van der Waals surface area contributed by atoms with Gasteiger partial charge in [-0.1, -0.05) is 0 Å². The fourth-order valence-electron chi connectivity index (χ4n) is 1.87. The molecule has 0 radical (unpaired) electrons. The maximum Gasteiger partial charge on any atom is 0.335 e. The summed E-state index contributed by atoms with van der Waals surface area (Å²) in [7, 11) is 0. The second kappa shape index (κ2) is 5.03. The number of nitrogens with one attached hydrogen (secondary N) is 1. The number of urea groups is 1. The largest absolute Gasteiger partial charge is 0.478 e. The van der Waals surface area contributed by atoms with Crippen LogP contribution in [0, 0.1) is 5.82 Å². The molecule has 2 rings (SSSR count). The van der Waals surface area contributed by atoms with Crippen LogP contribution in [0.3, 0.4) is 0 Å². The Morgan fingerprint density at radius 3 is 2.56 bits per heavy atom. The number of carboxylic acids is 1. The summed E-state index contributed by atoms with van der Waals surface area (Å²) in [4.78, 5) is 24.1. The number of benzene rings is 1. The number of amides is 2. The van der Waals surface area contributed by atoms with Crippen molar-refractivity contribution in [2.45, 2.75) is 12.8 Å². The van der Waals surface area contributed by atoms with Crippen molar-refractivity contribution in [2.75, 3.05) is 18.4 Å². The molecule has 0 spiro atoms. The Balaban J connectivity index is 2.14. The number of nitrogens with zero attached hydrogens (tertiary/aromatic N) is 1. The van der Waals surface area contributed by atoms with E-state index in [0.29, 0.717) is 13.1 Å². The van der Waals surface area contributed by atoms with E-state index in [1.807, 2.05) is 0 Å². The smallest absolute Gasteiger partial charge is 0.335 e. The van der Waals surface area contributed by atoms with Crippen LogP contribution < -0.4 is 5.32 Å². The lowest BCUT2D eigenvalue weighted by atomic mass is 10.2. The van der Waals surface area contributed by atoms with Gasteiger partial charge in [0.05, 0.1) is 11.3 Å². The average molecular weight is 252 g/mol. The molecule has 5 nitrogen and oxygen atoms in total. The lowest BCUT2D eigenvalue weighted by Gasteiger charge is -2.16. The van der Waals surface area contributed by atoms with Crippen molar-refractivity contribution in [1.82, 2.24) is 4.90 Å². The van der Waals surface area contributed by atoms with Gasteiger partial charge in [0, 0.05) is 13.1 Å². The minimum Gasteiger partial charge on any atom is -0.478 e.